The highest BCUT2D eigenvalue weighted by atomic mass is 32.2. The summed E-state index contributed by atoms with van der Waals surface area (Å²) in [5.74, 6) is 0.680. The van der Waals surface area contributed by atoms with Crippen LogP contribution in [-0.2, 0) is 23.1 Å². The van der Waals surface area contributed by atoms with E-state index in [1.807, 2.05) is 6.07 Å². The summed E-state index contributed by atoms with van der Waals surface area (Å²) < 4.78 is 25.3. The molecule has 0 amide bonds. The molecule has 0 spiro atoms. The van der Waals surface area contributed by atoms with E-state index in [0.29, 0.717) is 24.3 Å². The second-order valence-corrected chi connectivity index (χ2v) is 8.07. The zero-order chi connectivity index (χ0) is 16.6. The van der Waals surface area contributed by atoms with E-state index in [-0.39, 0.29) is 6.04 Å². The van der Waals surface area contributed by atoms with Crippen molar-refractivity contribution in [1.29, 1.82) is 0 Å². The van der Waals surface area contributed by atoms with Gasteiger partial charge in [0, 0.05) is 18.6 Å². The molecule has 0 saturated carbocycles. The van der Waals surface area contributed by atoms with E-state index < -0.39 is 10.2 Å². The molecule has 6 nitrogen and oxygen atoms in total. The number of hydrogen-bond donors (Lipinski definition) is 3. The van der Waals surface area contributed by atoms with Gasteiger partial charge < -0.3 is 5.11 Å². The number of likely N-dealkylation sites (tertiary alicyclic amines) is 1. The van der Waals surface area contributed by atoms with Crippen LogP contribution in [0, 0.1) is 5.92 Å². The van der Waals surface area contributed by atoms with Crippen LogP contribution in [0.15, 0.2) is 18.2 Å². The summed E-state index contributed by atoms with van der Waals surface area (Å²) in [5, 5.41) is 15.3. The minimum Gasteiger partial charge on any atom is -0.508 e. The first-order valence-electron chi connectivity index (χ1n) is 8.21. The van der Waals surface area contributed by atoms with Gasteiger partial charge in [0.1, 0.15) is 5.75 Å². The van der Waals surface area contributed by atoms with E-state index >= 15 is 0 Å². The van der Waals surface area contributed by atoms with Crippen molar-refractivity contribution in [1.82, 2.24) is 9.62 Å². The van der Waals surface area contributed by atoms with Crippen LogP contribution in [0.4, 0.5) is 0 Å². The zero-order valence-electron chi connectivity index (χ0n) is 13.4. The highest BCUT2D eigenvalue weighted by Gasteiger charge is 2.40. The Hall–Kier alpha value is -1.15. The second-order valence-electron chi connectivity index (χ2n) is 6.74. The van der Waals surface area contributed by atoms with Gasteiger partial charge in [0.05, 0.1) is 0 Å². The number of phenols is 1. The summed E-state index contributed by atoms with van der Waals surface area (Å²) in [6.07, 6.45) is 3.49. The summed E-state index contributed by atoms with van der Waals surface area (Å²) >= 11 is 0. The third-order valence-corrected chi connectivity index (χ3v) is 5.70. The molecule has 3 rings (SSSR count). The van der Waals surface area contributed by atoms with E-state index in [1.54, 1.807) is 6.07 Å². The normalized spacial score (nSPS) is 28.2. The highest BCUT2D eigenvalue weighted by Crippen LogP contribution is 2.38. The van der Waals surface area contributed by atoms with Gasteiger partial charge in [0.2, 0.25) is 0 Å². The number of rotatable bonds is 4. The lowest BCUT2D eigenvalue weighted by Gasteiger charge is -2.47. The Morgan fingerprint density at radius 1 is 1.39 bits per heavy atom. The van der Waals surface area contributed by atoms with Crippen molar-refractivity contribution >= 4 is 10.2 Å². The minimum atomic E-state index is -3.69. The SMILES string of the molecule is CCCN1C[C@@H](NS(N)(=O)=O)C[C@@H]2Cc3c(O)cccc3C[C@H]21. The average Bonchev–Trinajstić information content (AvgIpc) is 2.45. The predicted octanol–water partition coefficient (Wildman–Crippen LogP) is 0.753. The van der Waals surface area contributed by atoms with Crippen LogP contribution in [-0.4, -0.2) is 43.6 Å². The summed E-state index contributed by atoms with van der Waals surface area (Å²) in [6.45, 7) is 3.77. The first-order valence-corrected chi connectivity index (χ1v) is 9.76. The molecule has 0 unspecified atom stereocenters. The third-order valence-electron chi connectivity index (χ3n) is 5.04. The molecule has 0 radical (unpaired) electrons. The molecule has 1 aliphatic carbocycles. The molecule has 4 N–H and O–H groups in total. The summed E-state index contributed by atoms with van der Waals surface area (Å²) in [5.41, 5.74) is 2.23. The van der Waals surface area contributed by atoms with E-state index in [4.69, 9.17) is 5.14 Å². The lowest BCUT2D eigenvalue weighted by atomic mass is 9.74. The maximum Gasteiger partial charge on any atom is 0.274 e. The molecule has 7 heteroatoms. The molecule has 2 aliphatic rings. The van der Waals surface area contributed by atoms with Gasteiger partial charge in [-0.05, 0) is 55.3 Å². The molecule has 1 saturated heterocycles. The van der Waals surface area contributed by atoms with Crippen molar-refractivity contribution < 1.29 is 13.5 Å². The lowest BCUT2D eigenvalue weighted by molar-refractivity contribution is 0.0683. The van der Waals surface area contributed by atoms with E-state index in [0.717, 1.165) is 37.8 Å². The molecule has 3 atom stereocenters. The van der Waals surface area contributed by atoms with Gasteiger partial charge >= 0.3 is 0 Å². The quantitative estimate of drug-likeness (QED) is 0.754. The molecular formula is C16H25N3O3S. The molecule has 128 valence electrons. The fraction of sp³-hybridized carbons (Fsp3) is 0.625. The van der Waals surface area contributed by atoms with Crippen molar-refractivity contribution in [3.63, 3.8) is 0 Å². The second kappa shape index (κ2) is 6.39. The number of nitrogens with two attached hydrogens (primary N) is 1. The van der Waals surface area contributed by atoms with Crippen molar-refractivity contribution in [3.05, 3.63) is 29.3 Å². The molecule has 0 aromatic heterocycles. The van der Waals surface area contributed by atoms with Crippen molar-refractivity contribution in [2.75, 3.05) is 13.1 Å². The van der Waals surface area contributed by atoms with Crippen LogP contribution in [0.25, 0.3) is 0 Å². The smallest absolute Gasteiger partial charge is 0.274 e. The third kappa shape index (κ3) is 3.68. The van der Waals surface area contributed by atoms with Crippen LogP contribution in [0.1, 0.15) is 30.9 Å². The molecule has 0 bridgehead atoms. The zero-order valence-corrected chi connectivity index (χ0v) is 14.2. The van der Waals surface area contributed by atoms with Crippen molar-refractivity contribution in [2.45, 2.75) is 44.7 Å². The maximum absolute atomic E-state index is 11.4. The van der Waals surface area contributed by atoms with Crippen LogP contribution in [0.2, 0.25) is 0 Å². The predicted molar refractivity (Wildman–Crippen MR) is 89.3 cm³/mol. The van der Waals surface area contributed by atoms with Gasteiger partial charge in [0.15, 0.2) is 0 Å². The number of nitrogens with zero attached hydrogens (tertiary/aromatic N) is 1. The van der Waals surface area contributed by atoms with Crippen LogP contribution in [0.5, 0.6) is 5.75 Å². The molecule has 1 heterocycles. The highest BCUT2D eigenvalue weighted by molar-refractivity contribution is 7.87. The molecule has 1 fully saturated rings. The monoisotopic (exact) mass is 339 g/mol. The number of hydrogen-bond acceptors (Lipinski definition) is 4. The van der Waals surface area contributed by atoms with E-state index in [2.05, 4.69) is 22.6 Å². The van der Waals surface area contributed by atoms with Gasteiger partial charge in [-0.15, -0.1) is 0 Å². The molecule has 1 aliphatic heterocycles. The fourth-order valence-corrected chi connectivity index (χ4v) is 4.86. The first-order chi connectivity index (χ1) is 10.9. The van der Waals surface area contributed by atoms with Gasteiger partial charge in [-0.25, -0.2) is 5.14 Å². The van der Waals surface area contributed by atoms with E-state index in [9.17, 15) is 13.5 Å². The van der Waals surface area contributed by atoms with Crippen molar-refractivity contribution in [3.8, 4) is 5.75 Å². The van der Waals surface area contributed by atoms with E-state index in [1.165, 1.54) is 5.56 Å². The minimum absolute atomic E-state index is 0.162. The number of phenolic OH excluding ortho intramolecular Hbond substituents is 1. The molecule has 1 aromatic rings. The van der Waals surface area contributed by atoms with Gasteiger partial charge in [0.25, 0.3) is 10.2 Å². The van der Waals surface area contributed by atoms with Crippen LogP contribution < -0.4 is 9.86 Å². The number of nitrogens with one attached hydrogen (secondary N) is 1. The van der Waals surface area contributed by atoms with Gasteiger partial charge in [-0.1, -0.05) is 19.1 Å². The summed E-state index contributed by atoms with van der Waals surface area (Å²) in [6, 6.07) is 5.95. The standard InChI is InChI=1S/C16H25N3O3S/c1-2-6-19-10-13(18-23(17,21)22)7-12-8-14-11(9-15(12)19)4-3-5-16(14)20/h3-5,12-13,15,18,20H,2,6-10H2,1H3,(H2,17,21,22)/t12-,13+,15-/m1/s1. The Morgan fingerprint density at radius 2 is 2.17 bits per heavy atom. The van der Waals surface area contributed by atoms with Crippen LogP contribution >= 0.6 is 0 Å². The number of fused-ring (bicyclic) bond motifs is 2. The van der Waals surface area contributed by atoms with Crippen LogP contribution in [0.3, 0.4) is 0 Å². The Kier molecular flexibility index (Phi) is 4.64. The molecule has 1 aromatic carbocycles. The Labute approximate surface area is 137 Å². The number of benzene rings is 1. The summed E-state index contributed by atoms with van der Waals surface area (Å²) in [4.78, 5) is 2.38. The topological polar surface area (TPSA) is 95.7 Å². The summed E-state index contributed by atoms with van der Waals surface area (Å²) in [7, 11) is -3.69. The van der Waals surface area contributed by atoms with Gasteiger partial charge in [-0.3, -0.25) is 4.90 Å². The average molecular weight is 339 g/mol. The number of aromatic hydroxyl groups is 1. The largest absolute Gasteiger partial charge is 0.508 e. The number of piperidine rings is 1. The van der Waals surface area contributed by atoms with Gasteiger partial charge in [-0.2, -0.15) is 13.1 Å². The fourth-order valence-electron chi connectivity index (χ4n) is 4.23. The van der Waals surface area contributed by atoms with Crippen molar-refractivity contribution in [2.24, 2.45) is 11.1 Å². The molecule has 23 heavy (non-hydrogen) atoms. The molecular weight excluding hydrogens is 314 g/mol. The Morgan fingerprint density at radius 3 is 2.87 bits per heavy atom. The Balaban J connectivity index is 1.86. The maximum atomic E-state index is 11.4. The Bertz CT molecular complexity index is 677. The first kappa shape index (κ1) is 16.7. The lowest BCUT2D eigenvalue weighted by Crippen LogP contribution is -2.58.